The zero-order valence-corrected chi connectivity index (χ0v) is 17.1. The molecule has 5 rings (SSSR count). The lowest BCUT2D eigenvalue weighted by Crippen LogP contribution is -2.29. The number of thiazole rings is 1. The molecule has 0 aliphatic carbocycles. The molecule has 1 aliphatic heterocycles. The Balaban J connectivity index is 1.57. The number of benzene rings is 1. The lowest BCUT2D eigenvalue weighted by atomic mass is 9.98. The first-order valence-electron chi connectivity index (χ1n) is 9.60. The molecule has 4 heterocycles. The Hall–Kier alpha value is -2.38. The fourth-order valence-corrected chi connectivity index (χ4v) is 5.16. The van der Waals surface area contributed by atoms with Crippen molar-refractivity contribution in [1.29, 1.82) is 0 Å². The van der Waals surface area contributed by atoms with Gasteiger partial charge in [0.15, 0.2) is 11.5 Å². The lowest BCUT2D eigenvalue weighted by molar-refractivity contribution is 0.255. The van der Waals surface area contributed by atoms with Gasteiger partial charge in [-0.25, -0.2) is 18.9 Å². The van der Waals surface area contributed by atoms with Crippen LogP contribution in [0.5, 0.6) is 0 Å². The second kappa shape index (κ2) is 6.60. The van der Waals surface area contributed by atoms with E-state index in [0.29, 0.717) is 11.4 Å². The van der Waals surface area contributed by atoms with Gasteiger partial charge in [-0.2, -0.15) is 5.10 Å². The van der Waals surface area contributed by atoms with Crippen molar-refractivity contribution in [2.45, 2.75) is 32.6 Å². The van der Waals surface area contributed by atoms with Crippen molar-refractivity contribution < 1.29 is 4.39 Å². The second-order valence-electron chi connectivity index (χ2n) is 7.80. The topological polar surface area (TPSA) is 46.3 Å². The van der Waals surface area contributed by atoms with Crippen LogP contribution in [-0.4, -0.2) is 44.6 Å². The number of hydrogen-bond donors (Lipinski definition) is 0. The first-order valence-corrected chi connectivity index (χ1v) is 10.4. The van der Waals surface area contributed by atoms with Crippen LogP contribution in [-0.2, 0) is 0 Å². The van der Waals surface area contributed by atoms with Gasteiger partial charge >= 0.3 is 0 Å². The van der Waals surface area contributed by atoms with Crippen LogP contribution >= 0.6 is 11.3 Å². The fourth-order valence-electron chi connectivity index (χ4n) is 3.97. The van der Waals surface area contributed by atoms with Gasteiger partial charge in [-0.1, -0.05) is 0 Å². The van der Waals surface area contributed by atoms with Crippen molar-refractivity contribution >= 4 is 27.2 Å². The molecule has 28 heavy (non-hydrogen) atoms. The number of piperidine rings is 1. The molecule has 1 saturated heterocycles. The summed E-state index contributed by atoms with van der Waals surface area (Å²) < 4.78 is 17.6. The monoisotopic (exact) mass is 395 g/mol. The summed E-state index contributed by atoms with van der Waals surface area (Å²) in [5, 5.41) is 5.71. The average Bonchev–Trinajstić information content (AvgIpc) is 3.26. The van der Waals surface area contributed by atoms with Crippen LogP contribution in [0.4, 0.5) is 4.39 Å². The summed E-state index contributed by atoms with van der Waals surface area (Å²) in [6, 6.07) is 5.55. The maximum Gasteiger partial charge on any atom is 0.156 e. The highest BCUT2D eigenvalue weighted by atomic mass is 32.1. The van der Waals surface area contributed by atoms with Crippen molar-refractivity contribution in [2.75, 3.05) is 20.1 Å². The van der Waals surface area contributed by atoms with Gasteiger partial charge in [0.2, 0.25) is 0 Å². The smallest absolute Gasteiger partial charge is 0.156 e. The van der Waals surface area contributed by atoms with E-state index < -0.39 is 0 Å². The van der Waals surface area contributed by atoms with Gasteiger partial charge in [0.1, 0.15) is 5.52 Å². The largest absolute Gasteiger partial charge is 0.306 e. The molecule has 3 aromatic heterocycles. The summed E-state index contributed by atoms with van der Waals surface area (Å²) in [5.74, 6) is 0.159. The fraction of sp³-hybridized carbons (Fsp3) is 0.381. The minimum atomic E-state index is -0.274. The Morgan fingerprint density at radius 3 is 2.68 bits per heavy atom. The molecule has 0 unspecified atom stereocenters. The number of likely N-dealkylation sites (tertiary alicyclic amines) is 1. The van der Waals surface area contributed by atoms with Crippen LogP contribution in [0.2, 0.25) is 0 Å². The van der Waals surface area contributed by atoms with Gasteiger partial charge in [-0.05, 0) is 70.6 Å². The standard InChI is InChI=1S/C21H22FN5S/c1-12-8-17(25-27-11-13(2)23-20(12)27)15-9-16(22)19-18(10-15)28-21(24-19)14-4-6-26(3)7-5-14/h8-11,14H,4-7H2,1-3H3. The van der Waals surface area contributed by atoms with E-state index in [1.807, 2.05) is 32.2 Å². The number of nitrogens with zero attached hydrogens (tertiary/aromatic N) is 5. The Bertz CT molecular complexity index is 1190. The third-order valence-corrected chi connectivity index (χ3v) is 6.72. The molecule has 5 nitrogen and oxygen atoms in total. The van der Waals surface area contributed by atoms with Crippen LogP contribution in [0.25, 0.3) is 27.1 Å². The minimum absolute atomic E-state index is 0.274. The summed E-state index contributed by atoms with van der Waals surface area (Å²) in [6.07, 6.45) is 4.07. The average molecular weight is 396 g/mol. The molecule has 1 fully saturated rings. The van der Waals surface area contributed by atoms with Gasteiger partial charge in [0.25, 0.3) is 0 Å². The van der Waals surface area contributed by atoms with Gasteiger partial charge in [-0.15, -0.1) is 11.3 Å². The Kier molecular flexibility index (Phi) is 4.17. The third kappa shape index (κ3) is 2.99. The molecule has 0 radical (unpaired) electrons. The number of aromatic nitrogens is 4. The predicted molar refractivity (Wildman–Crippen MR) is 111 cm³/mol. The SMILES string of the molecule is Cc1cn2nc(-c3cc(F)c4nc(C5CCN(C)CC5)sc4c3)cc(C)c2n1. The number of rotatable bonds is 2. The second-order valence-corrected chi connectivity index (χ2v) is 8.86. The number of aryl methyl sites for hydroxylation is 2. The van der Waals surface area contributed by atoms with E-state index in [0.717, 1.165) is 63.8 Å². The highest BCUT2D eigenvalue weighted by molar-refractivity contribution is 7.18. The Morgan fingerprint density at radius 1 is 1.11 bits per heavy atom. The van der Waals surface area contributed by atoms with E-state index in [4.69, 9.17) is 0 Å². The first-order chi connectivity index (χ1) is 13.5. The molecule has 0 atom stereocenters. The lowest BCUT2D eigenvalue weighted by Gasteiger charge is -2.27. The van der Waals surface area contributed by atoms with Crippen molar-refractivity contribution in [3.63, 3.8) is 0 Å². The highest BCUT2D eigenvalue weighted by Gasteiger charge is 2.23. The number of imidazole rings is 1. The van der Waals surface area contributed by atoms with Crippen LogP contribution in [0, 0.1) is 19.7 Å². The van der Waals surface area contributed by atoms with E-state index in [2.05, 4.69) is 27.0 Å². The third-order valence-electron chi connectivity index (χ3n) is 5.56. The molecule has 144 valence electrons. The zero-order valence-electron chi connectivity index (χ0n) is 16.2. The molecule has 0 spiro atoms. The molecule has 7 heteroatoms. The molecule has 0 amide bonds. The van der Waals surface area contributed by atoms with E-state index in [1.165, 1.54) is 0 Å². The van der Waals surface area contributed by atoms with Crippen LogP contribution in [0.1, 0.15) is 35.0 Å². The van der Waals surface area contributed by atoms with Gasteiger partial charge in [-0.3, -0.25) is 0 Å². The summed E-state index contributed by atoms with van der Waals surface area (Å²) in [6.45, 7) is 6.10. The van der Waals surface area contributed by atoms with E-state index in [9.17, 15) is 4.39 Å². The van der Waals surface area contributed by atoms with E-state index >= 15 is 0 Å². The van der Waals surface area contributed by atoms with Gasteiger partial charge < -0.3 is 4.90 Å². The molecule has 0 N–H and O–H groups in total. The number of halogens is 1. The van der Waals surface area contributed by atoms with Gasteiger partial charge in [0, 0.05) is 11.5 Å². The molecule has 0 saturated carbocycles. The van der Waals surface area contributed by atoms with Crippen molar-refractivity contribution in [3.05, 3.63) is 46.5 Å². The summed E-state index contributed by atoms with van der Waals surface area (Å²) in [4.78, 5) is 11.5. The predicted octanol–water partition coefficient (Wildman–Crippen LogP) is 4.57. The number of fused-ring (bicyclic) bond motifs is 2. The Morgan fingerprint density at radius 2 is 1.89 bits per heavy atom. The molecule has 1 aliphatic rings. The highest BCUT2D eigenvalue weighted by Crippen LogP contribution is 2.36. The van der Waals surface area contributed by atoms with E-state index in [-0.39, 0.29) is 5.82 Å². The van der Waals surface area contributed by atoms with Crippen LogP contribution < -0.4 is 0 Å². The zero-order chi connectivity index (χ0) is 19.4. The first kappa shape index (κ1) is 17.7. The van der Waals surface area contributed by atoms with Crippen molar-refractivity contribution in [1.82, 2.24) is 24.5 Å². The molecular formula is C21H22FN5S. The van der Waals surface area contributed by atoms with Crippen LogP contribution in [0.15, 0.2) is 24.4 Å². The molecule has 4 aromatic rings. The minimum Gasteiger partial charge on any atom is -0.306 e. The van der Waals surface area contributed by atoms with Gasteiger partial charge in [0.05, 0.1) is 27.3 Å². The van der Waals surface area contributed by atoms with E-state index in [1.54, 1.807) is 21.9 Å². The maximum atomic E-state index is 14.9. The quantitative estimate of drug-likeness (QED) is 0.499. The summed E-state index contributed by atoms with van der Waals surface area (Å²) in [7, 11) is 2.15. The maximum absolute atomic E-state index is 14.9. The molecular weight excluding hydrogens is 373 g/mol. The Labute approximate surface area is 166 Å². The number of hydrogen-bond acceptors (Lipinski definition) is 5. The van der Waals surface area contributed by atoms with Crippen LogP contribution in [0.3, 0.4) is 0 Å². The molecule has 0 bridgehead atoms. The summed E-state index contributed by atoms with van der Waals surface area (Å²) >= 11 is 1.62. The summed E-state index contributed by atoms with van der Waals surface area (Å²) in [5.41, 5.74) is 4.79. The van der Waals surface area contributed by atoms with Crippen molar-refractivity contribution in [2.24, 2.45) is 0 Å². The molecule has 1 aromatic carbocycles. The van der Waals surface area contributed by atoms with Crippen molar-refractivity contribution in [3.8, 4) is 11.3 Å². The normalized spacial score (nSPS) is 16.4.